The minimum absolute atomic E-state index is 0. The van der Waals surface area contributed by atoms with Crippen molar-refractivity contribution in [3.05, 3.63) is 0 Å². The molecule has 0 aromatic rings. The average Bonchev–Trinajstić information content (AvgIpc) is 0.918. The molecule has 0 saturated carbocycles. The van der Waals surface area contributed by atoms with Gasteiger partial charge in [-0.05, 0) is 0 Å². The molecule has 0 aliphatic heterocycles. The number of hydrogen-bond acceptors (Lipinski definition) is 0. The standard InChI is InChI=1S/Ir.Mo.Rh.Y. The van der Waals surface area contributed by atoms with Crippen molar-refractivity contribution < 1.29 is 68.4 Å². The SMILES string of the molecule is [Mo][Y][Ir].[Rh]. The molecule has 0 fully saturated rings. The van der Waals surface area contributed by atoms with Crippen molar-refractivity contribution in [3.8, 4) is 0 Å². The van der Waals surface area contributed by atoms with Crippen molar-refractivity contribution >= 4 is 0 Å². The van der Waals surface area contributed by atoms with Gasteiger partial charge in [-0.25, -0.2) is 0 Å². The van der Waals surface area contributed by atoms with Crippen LogP contribution in [0.4, 0.5) is 0 Å². The monoisotopic (exact) mass is 483 g/mol. The topological polar surface area (TPSA) is 0 Å². The molecule has 0 atom stereocenters. The summed E-state index contributed by atoms with van der Waals surface area (Å²) in [6, 6.07) is 0. The molecule has 1 radical (unpaired) electrons. The van der Waals surface area contributed by atoms with Gasteiger partial charge in [0.15, 0.2) is 0 Å². The molecule has 0 aromatic heterocycles. The second kappa shape index (κ2) is 9.42. The van der Waals surface area contributed by atoms with E-state index in [-0.39, 0.29) is 41.2 Å². The minimum Gasteiger partial charge on any atom is 0 e. The van der Waals surface area contributed by atoms with Gasteiger partial charge in [-0.1, -0.05) is 0 Å². The van der Waals surface area contributed by atoms with Crippen LogP contribution in [0.15, 0.2) is 0 Å². The maximum absolute atomic E-state index is 2.32. The first-order valence-corrected chi connectivity index (χ1v) is 17.6. The van der Waals surface area contributed by atoms with E-state index in [1.807, 2.05) is 0 Å². The summed E-state index contributed by atoms with van der Waals surface area (Å²) in [6.45, 7) is 0. The van der Waals surface area contributed by atoms with E-state index in [9.17, 15) is 0 Å². The molecule has 4 heavy (non-hydrogen) atoms. The summed E-state index contributed by atoms with van der Waals surface area (Å²) in [7, 11) is 0. The van der Waals surface area contributed by atoms with E-state index >= 15 is 0 Å². The van der Waals surface area contributed by atoms with E-state index in [4.69, 9.17) is 0 Å². The predicted octanol–water partition coefficient (Wildman–Crippen LogP) is -0.0100. The molecule has 0 amide bonds. The summed E-state index contributed by atoms with van der Waals surface area (Å²) in [6.07, 6.45) is 0. The minimum atomic E-state index is 0. The van der Waals surface area contributed by atoms with Gasteiger partial charge in [-0.15, -0.1) is 0 Å². The van der Waals surface area contributed by atoms with Crippen LogP contribution in [0.3, 0.4) is 0 Å². The zero-order valence-electron chi connectivity index (χ0n) is 1.65. The third kappa shape index (κ3) is 8.91. The smallest absolute Gasteiger partial charge is 0 e. The van der Waals surface area contributed by atoms with Crippen LogP contribution in [0.5, 0.6) is 0 Å². The Bertz CT molecular complexity index is 8.00. The summed E-state index contributed by atoms with van der Waals surface area (Å²) < 4.78 is 0. The van der Waals surface area contributed by atoms with Crippen molar-refractivity contribution in [2.75, 3.05) is 0 Å². The molecule has 0 saturated heterocycles. The Morgan fingerprint density at radius 3 is 1.75 bits per heavy atom. The second-order valence-corrected chi connectivity index (χ2v) is 22.5. The normalized spacial score (nSPS) is 2.50. The molecule has 0 aliphatic rings. The van der Waals surface area contributed by atoms with Gasteiger partial charge in [0.2, 0.25) is 0 Å². The van der Waals surface area contributed by atoms with Crippen molar-refractivity contribution in [1.29, 1.82) is 0 Å². The first-order chi connectivity index (χ1) is 1.41. The molecular formula is IrMoRhY. The molecule has 0 unspecified atom stereocenters. The van der Waals surface area contributed by atoms with E-state index < -0.39 is 0 Å². The Morgan fingerprint density at radius 1 is 1.75 bits per heavy atom. The van der Waals surface area contributed by atoms with E-state index in [1.165, 1.54) is 0 Å². The predicted molar refractivity (Wildman–Crippen MR) is 0 cm³/mol. The van der Waals surface area contributed by atoms with Gasteiger partial charge >= 0.3 is 49.0 Å². The van der Waals surface area contributed by atoms with E-state index in [2.05, 4.69) is 27.3 Å². The van der Waals surface area contributed by atoms with Gasteiger partial charge in [0.1, 0.15) is 0 Å². The molecule has 0 aliphatic carbocycles. The van der Waals surface area contributed by atoms with Crippen LogP contribution in [-0.2, 0) is 68.4 Å². The molecule has 0 N–H and O–H groups in total. The summed E-state index contributed by atoms with van der Waals surface area (Å²) in [4.78, 5) is 0. The molecule has 0 bridgehead atoms. The molecule has 0 rings (SSSR count). The van der Waals surface area contributed by atoms with Gasteiger partial charge in [0, 0.05) is 19.5 Å². The fraction of sp³-hybridized carbons (Fsp3) is 0. The molecule has 0 nitrogen and oxygen atoms in total. The fourth-order valence-electron chi connectivity index (χ4n) is 0. The molecule has 0 heterocycles. The Morgan fingerprint density at radius 2 is 1.75 bits per heavy atom. The second-order valence-electron chi connectivity index (χ2n) is 0.0786. The summed E-state index contributed by atoms with van der Waals surface area (Å²) in [5.41, 5.74) is 0. The van der Waals surface area contributed by atoms with Gasteiger partial charge in [0.25, 0.3) is 0 Å². The summed E-state index contributed by atoms with van der Waals surface area (Å²) in [5, 5.41) is 0. The molecule has 0 aromatic carbocycles. The van der Waals surface area contributed by atoms with Gasteiger partial charge in [-0.3, -0.25) is 0 Å². The average molecular weight is 480 g/mol. The molecular weight excluding hydrogens is 480 g/mol. The maximum Gasteiger partial charge on any atom is 0 e. The fourth-order valence-corrected chi connectivity index (χ4v) is 0. The first kappa shape index (κ1) is 10.1. The number of hydrogen-bond donors (Lipinski definition) is 0. The summed E-state index contributed by atoms with van der Waals surface area (Å²) in [5.74, 6) is 0. The van der Waals surface area contributed by atoms with Crippen molar-refractivity contribution in [3.63, 3.8) is 0 Å². The van der Waals surface area contributed by atoms with E-state index in [0.29, 0.717) is 0 Å². The number of rotatable bonds is 0. The molecule has 27 valence electrons. The third-order valence-corrected chi connectivity index (χ3v) is 0. The van der Waals surface area contributed by atoms with Crippen LogP contribution in [0.2, 0.25) is 0 Å². The Labute approximate surface area is 66.6 Å². The van der Waals surface area contributed by atoms with Gasteiger partial charge < -0.3 is 0 Å². The summed E-state index contributed by atoms with van der Waals surface area (Å²) >= 11 is 4.70. The Kier molecular flexibility index (Phi) is 23.8. The van der Waals surface area contributed by atoms with Crippen molar-refractivity contribution in [2.45, 2.75) is 0 Å². The van der Waals surface area contributed by atoms with E-state index in [0.717, 1.165) is 0 Å². The van der Waals surface area contributed by atoms with Crippen LogP contribution in [0.25, 0.3) is 0 Å². The quantitative estimate of drug-likeness (QED) is 0.429. The van der Waals surface area contributed by atoms with Crippen LogP contribution >= 0.6 is 0 Å². The maximum atomic E-state index is 2.32. The van der Waals surface area contributed by atoms with Crippen LogP contribution in [0.1, 0.15) is 0 Å². The van der Waals surface area contributed by atoms with Crippen LogP contribution in [-0.4, -0.2) is 0 Å². The van der Waals surface area contributed by atoms with Crippen molar-refractivity contribution in [2.24, 2.45) is 0 Å². The molecule has 4 heteroatoms. The molecule has 0 spiro atoms. The van der Waals surface area contributed by atoms with Crippen molar-refractivity contribution in [1.82, 2.24) is 0 Å². The zero-order valence-corrected chi connectivity index (χ0v) is 10.5. The largest absolute Gasteiger partial charge is 0 e. The first-order valence-electron chi connectivity index (χ1n) is 0.428. The Balaban J connectivity index is 0. The van der Waals surface area contributed by atoms with Crippen LogP contribution < -0.4 is 0 Å². The zero-order chi connectivity index (χ0) is 2.71. The third-order valence-electron chi connectivity index (χ3n) is 0. The van der Waals surface area contributed by atoms with Gasteiger partial charge in [0.05, 0.1) is 0 Å². The van der Waals surface area contributed by atoms with Crippen LogP contribution in [0, 0.1) is 0 Å². The van der Waals surface area contributed by atoms with E-state index in [1.54, 1.807) is 0 Å². The van der Waals surface area contributed by atoms with Gasteiger partial charge in [-0.2, -0.15) is 0 Å². The Hall–Kier alpha value is 3.06.